The number of anilines is 2. The second-order valence-electron chi connectivity index (χ2n) is 8.36. The van der Waals surface area contributed by atoms with Gasteiger partial charge >= 0.3 is 0 Å². The molecule has 33 heavy (non-hydrogen) atoms. The predicted molar refractivity (Wildman–Crippen MR) is 124 cm³/mol. The number of carbonyl (C=O) groups is 1. The Morgan fingerprint density at radius 3 is 2.91 bits per heavy atom. The average Bonchev–Trinajstić information content (AvgIpc) is 3.16. The van der Waals surface area contributed by atoms with Gasteiger partial charge in [-0.3, -0.25) is 9.78 Å². The smallest absolute Gasteiger partial charge is 0.255 e. The SMILES string of the molecule is COc1c(F)cccc1Nc1c(-c2ccncc2C#CC2(N)CCC2)[nH]c2c1C(=O)NCC2. The number of nitrogens with zero attached hydrogens (tertiary/aromatic N) is 1. The van der Waals surface area contributed by atoms with Crippen molar-refractivity contribution >= 4 is 17.3 Å². The summed E-state index contributed by atoms with van der Waals surface area (Å²) in [6, 6.07) is 6.45. The van der Waals surface area contributed by atoms with E-state index in [4.69, 9.17) is 10.5 Å². The molecular weight excluding hydrogens is 421 g/mol. The minimum Gasteiger partial charge on any atom is -0.492 e. The molecule has 0 radical (unpaired) electrons. The van der Waals surface area contributed by atoms with Crippen LogP contribution >= 0.6 is 0 Å². The molecule has 1 fully saturated rings. The molecule has 0 atom stereocenters. The van der Waals surface area contributed by atoms with E-state index in [9.17, 15) is 9.18 Å². The van der Waals surface area contributed by atoms with Gasteiger partial charge in [0.15, 0.2) is 11.6 Å². The van der Waals surface area contributed by atoms with Crippen LogP contribution in [0.25, 0.3) is 11.3 Å². The molecule has 0 bridgehead atoms. The quantitative estimate of drug-likeness (QED) is 0.460. The summed E-state index contributed by atoms with van der Waals surface area (Å²) in [4.78, 5) is 20.5. The van der Waals surface area contributed by atoms with Crippen molar-refractivity contribution < 1.29 is 13.9 Å². The lowest BCUT2D eigenvalue weighted by atomic mass is 9.78. The summed E-state index contributed by atoms with van der Waals surface area (Å²) < 4.78 is 19.6. The van der Waals surface area contributed by atoms with Gasteiger partial charge in [-0.2, -0.15) is 0 Å². The number of methoxy groups -OCH3 is 1. The third kappa shape index (κ3) is 3.81. The van der Waals surface area contributed by atoms with Crippen molar-refractivity contribution in [2.24, 2.45) is 5.73 Å². The Balaban J connectivity index is 1.66. The van der Waals surface area contributed by atoms with Crippen molar-refractivity contribution in [2.45, 2.75) is 31.2 Å². The van der Waals surface area contributed by atoms with Crippen LogP contribution in [0.1, 0.15) is 40.9 Å². The molecule has 1 aliphatic carbocycles. The Morgan fingerprint density at radius 2 is 2.15 bits per heavy atom. The first-order chi connectivity index (χ1) is 16.0. The molecule has 5 N–H and O–H groups in total. The molecule has 1 aliphatic heterocycles. The first-order valence-electron chi connectivity index (χ1n) is 10.9. The van der Waals surface area contributed by atoms with Gasteiger partial charge in [0.05, 0.1) is 40.8 Å². The van der Waals surface area contributed by atoms with Crippen molar-refractivity contribution in [1.29, 1.82) is 0 Å². The fourth-order valence-corrected chi connectivity index (χ4v) is 4.24. The van der Waals surface area contributed by atoms with Crippen LogP contribution in [0.4, 0.5) is 15.8 Å². The number of carbonyl (C=O) groups excluding carboxylic acids is 1. The van der Waals surface area contributed by atoms with Gasteiger partial charge in [0.25, 0.3) is 5.91 Å². The van der Waals surface area contributed by atoms with E-state index in [1.165, 1.54) is 13.2 Å². The standard InChI is InChI=1S/C25H24FN5O2/c1-33-23-17(26)4-2-5-19(23)31-22-20-18(8-13-29-24(20)32)30-21(22)16-7-12-28-14-15(16)6-11-25(27)9-3-10-25/h2,4-5,7,12,14,30-31H,3,8-10,13,27H2,1H3,(H,29,32). The summed E-state index contributed by atoms with van der Waals surface area (Å²) in [5.41, 5.74) is 10.2. The van der Waals surface area contributed by atoms with Crippen LogP contribution in [0, 0.1) is 17.7 Å². The molecule has 1 aromatic carbocycles. The molecule has 3 aromatic rings. The molecule has 0 unspecified atom stereocenters. The number of benzene rings is 1. The van der Waals surface area contributed by atoms with Gasteiger partial charge < -0.3 is 26.1 Å². The molecule has 2 aromatic heterocycles. The van der Waals surface area contributed by atoms with Crippen LogP contribution in [0.15, 0.2) is 36.7 Å². The number of halogens is 1. The van der Waals surface area contributed by atoms with Crippen LogP contribution in [0.5, 0.6) is 5.75 Å². The maximum absolute atomic E-state index is 14.3. The van der Waals surface area contributed by atoms with Crippen LogP contribution in [0.2, 0.25) is 0 Å². The fourth-order valence-electron chi connectivity index (χ4n) is 4.24. The molecular formula is C25H24FN5O2. The van der Waals surface area contributed by atoms with E-state index >= 15 is 0 Å². The van der Waals surface area contributed by atoms with E-state index in [0.717, 1.165) is 30.5 Å². The molecule has 0 spiro atoms. The number of fused-ring (bicyclic) bond motifs is 1. The van der Waals surface area contributed by atoms with Crippen molar-refractivity contribution in [3.63, 3.8) is 0 Å². The lowest BCUT2D eigenvalue weighted by Crippen LogP contribution is -2.44. The van der Waals surface area contributed by atoms with E-state index in [1.54, 1.807) is 24.5 Å². The Hall–Kier alpha value is -3.83. The highest BCUT2D eigenvalue weighted by Gasteiger charge is 2.31. The van der Waals surface area contributed by atoms with E-state index in [0.29, 0.717) is 41.2 Å². The van der Waals surface area contributed by atoms with E-state index in [2.05, 4.69) is 32.4 Å². The van der Waals surface area contributed by atoms with Crippen molar-refractivity contribution in [3.05, 3.63) is 59.3 Å². The van der Waals surface area contributed by atoms with Gasteiger partial charge in [-0.1, -0.05) is 17.9 Å². The van der Waals surface area contributed by atoms with Crippen LogP contribution in [-0.2, 0) is 6.42 Å². The van der Waals surface area contributed by atoms with Gasteiger partial charge in [-0.15, -0.1) is 0 Å². The number of hydrogen-bond donors (Lipinski definition) is 4. The molecule has 7 nitrogen and oxygen atoms in total. The van der Waals surface area contributed by atoms with Gasteiger partial charge in [0.2, 0.25) is 0 Å². The van der Waals surface area contributed by atoms with Gasteiger partial charge in [-0.25, -0.2) is 4.39 Å². The van der Waals surface area contributed by atoms with E-state index in [1.807, 2.05) is 6.07 Å². The minimum absolute atomic E-state index is 0.0689. The second-order valence-corrected chi connectivity index (χ2v) is 8.36. The van der Waals surface area contributed by atoms with E-state index in [-0.39, 0.29) is 11.7 Å². The molecule has 5 rings (SSSR count). The summed E-state index contributed by atoms with van der Waals surface area (Å²) in [6.07, 6.45) is 6.84. The monoisotopic (exact) mass is 445 g/mol. The molecule has 3 heterocycles. The summed E-state index contributed by atoms with van der Waals surface area (Å²) in [6.45, 7) is 0.535. The van der Waals surface area contributed by atoms with Gasteiger partial charge in [0, 0.05) is 36.6 Å². The predicted octanol–water partition coefficient (Wildman–Crippen LogP) is 3.49. The number of aromatic nitrogens is 2. The third-order valence-electron chi connectivity index (χ3n) is 6.18. The van der Waals surface area contributed by atoms with Gasteiger partial charge in [0.1, 0.15) is 0 Å². The number of para-hydroxylation sites is 1. The molecule has 0 saturated heterocycles. The lowest BCUT2D eigenvalue weighted by molar-refractivity contribution is 0.0947. The number of aromatic amines is 1. The fraction of sp³-hybridized carbons (Fsp3) is 0.280. The lowest BCUT2D eigenvalue weighted by Gasteiger charge is -2.32. The molecule has 1 amide bonds. The summed E-state index contributed by atoms with van der Waals surface area (Å²) in [5, 5.41) is 6.12. The van der Waals surface area contributed by atoms with Crippen LogP contribution in [0.3, 0.4) is 0 Å². The molecule has 8 heteroatoms. The highest BCUT2D eigenvalue weighted by atomic mass is 19.1. The molecule has 168 valence electrons. The van der Waals surface area contributed by atoms with Crippen molar-refractivity contribution in [3.8, 4) is 28.8 Å². The number of nitrogens with two attached hydrogens (primary N) is 1. The average molecular weight is 445 g/mol. The number of nitrogens with one attached hydrogen (secondary N) is 3. The highest BCUT2D eigenvalue weighted by molar-refractivity contribution is 6.06. The highest BCUT2D eigenvalue weighted by Crippen LogP contribution is 2.40. The maximum atomic E-state index is 14.3. The number of H-pyrrole nitrogens is 1. The summed E-state index contributed by atoms with van der Waals surface area (Å²) in [7, 11) is 1.41. The number of rotatable bonds is 4. The zero-order chi connectivity index (χ0) is 23.0. The van der Waals surface area contributed by atoms with Gasteiger partial charge in [-0.05, 0) is 37.5 Å². The Bertz CT molecular complexity index is 1300. The summed E-state index contributed by atoms with van der Waals surface area (Å²) >= 11 is 0. The maximum Gasteiger partial charge on any atom is 0.255 e. The molecule has 1 saturated carbocycles. The Morgan fingerprint density at radius 1 is 1.30 bits per heavy atom. The number of hydrogen-bond acceptors (Lipinski definition) is 5. The Kier molecular flexibility index (Phi) is 5.27. The normalized spacial score (nSPS) is 16.0. The van der Waals surface area contributed by atoms with E-state index < -0.39 is 11.4 Å². The van der Waals surface area contributed by atoms with Crippen LogP contribution < -0.4 is 21.1 Å². The minimum atomic E-state index is -0.498. The van der Waals surface area contributed by atoms with Crippen molar-refractivity contribution in [2.75, 3.05) is 19.0 Å². The zero-order valence-electron chi connectivity index (χ0n) is 18.2. The number of amides is 1. The Labute approximate surface area is 190 Å². The topological polar surface area (TPSA) is 105 Å². The first kappa shape index (κ1) is 21.0. The van der Waals surface area contributed by atoms with Crippen molar-refractivity contribution in [1.82, 2.24) is 15.3 Å². The summed E-state index contributed by atoms with van der Waals surface area (Å²) in [5.74, 6) is 5.76. The first-order valence-corrected chi connectivity index (χ1v) is 10.9. The second kappa shape index (κ2) is 8.26. The number of ether oxygens (including phenoxy) is 1. The molecule has 2 aliphatic rings. The largest absolute Gasteiger partial charge is 0.492 e. The zero-order valence-corrected chi connectivity index (χ0v) is 18.2. The van der Waals surface area contributed by atoms with Crippen LogP contribution in [-0.4, -0.2) is 35.1 Å². The number of pyridine rings is 1. The third-order valence-corrected chi connectivity index (χ3v) is 6.18.